The lowest BCUT2D eigenvalue weighted by molar-refractivity contribution is -0.126. The zero-order chi connectivity index (χ0) is 24.8. The number of benzene rings is 2. The standard InChI is InChI=1S/C29H39N3O3/c1-4-34-28(30)24-15-11-14-23(20-24)27-29(33)32(25-16-6-7-17-26(25)35-27)19-9-5-8-18-31-21(2)12-10-13-22(31)3/h6-7,11,14-17,20-22,27,30H,4-5,8-10,12-13,18-19H2,1-3H3/t21-,22+,27?. The molecule has 3 atom stereocenters. The second-order valence-electron chi connectivity index (χ2n) is 9.77. The normalized spacial score (nSPS) is 22.4. The van der Waals surface area contributed by atoms with Gasteiger partial charge >= 0.3 is 0 Å². The lowest BCUT2D eigenvalue weighted by Crippen LogP contribution is -2.44. The molecular formula is C29H39N3O3. The molecule has 2 heterocycles. The molecular weight excluding hydrogens is 438 g/mol. The predicted octanol–water partition coefficient (Wildman–Crippen LogP) is 5.95. The molecule has 1 unspecified atom stereocenters. The van der Waals surface area contributed by atoms with E-state index in [1.807, 2.05) is 60.4 Å². The molecule has 0 aliphatic carbocycles. The lowest BCUT2D eigenvalue weighted by atomic mass is 9.97. The second-order valence-corrected chi connectivity index (χ2v) is 9.77. The summed E-state index contributed by atoms with van der Waals surface area (Å²) in [6, 6.07) is 16.5. The van der Waals surface area contributed by atoms with Crippen LogP contribution in [0.2, 0.25) is 0 Å². The highest BCUT2D eigenvalue weighted by Gasteiger charge is 2.35. The number of hydrogen-bond donors (Lipinski definition) is 1. The van der Waals surface area contributed by atoms with Gasteiger partial charge in [-0.2, -0.15) is 0 Å². The van der Waals surface area contributed by atoms with Gasteiger partial charge in [-0.15, -0.1) is 0 Å². The topological polar surface area (TPSA) is 65.9 Å². The molecule has 2 aliphatic heterocycles. The summed E-state index contributed by atoms with van der Waals surface area (Å²) in [4.78, 5) is 18.1. The van der Waals surface area contributed by atoms with Crippen LogP contribution in [0.1, 0.15) is 76.5 Å². The van der Waals surface area contributed by atoms with Gasteiger partial charge in [-0.1, -0.05) is 37.1 Å². The summed E-state index contributed by atoms with van der Waals surface area (Å²) in [5.41, 5.74) is 2.22. The van der Waals surface area contributed by atoms with Crippen molar-refractivity contribution in [1.82, 2.24) is 4.90 Å². The van der Waals surface area contributed by atoms with Crippen LogP contribution in [0.25, 0.3) is 0 Å². The SMILES string of the molecule is CCOC(=N)c1cccc(C2Oc3ccccc3N(CCCCCN3[C@H](C)CCC[C@@H]3C)C2=O)c1. The molecule has 2 aliphatic rings. The summed E-state index contributed by atoms with van der Waals surface area (Å²) < 4.78 is 11.5. The van der Waals surface area contributed by atoms with Crippen molar-refractivity contribution < 1.29 is 14.3 Å². The number of para-hydroxylation sites is 2. The smallest absolute Gasteiger partial charge is 0.272 e. The van der Waals surface area contributed by atoms with Gasteiger partial charge in [0, 0.05) is 29.8 Å². The van der Waals surface area contributed by atoms with Crippen LogP contribution in [-0.4, -0.2) is 48.5 Å². The molecule has 6 nitrogen and oxygen atoms in total. The van der Waals surface area contributed by atoms with E-state index in [2.05, 4.69) is 18.7 Å². The number of piperidine rings is 1. The molecule has 2 aromatic carbocycles. The molecule has 0 radical (unpaired) electrons. The van der Waals surface area contributed by atoms with Gasteiger partial charge in [-0.05, 0) is 77.3 Å². The summed E-state index contributed by atoms with van der Waals surface area (Å²) in [7, 11) is 0. The number of unbranched alkanes of at least 4 members (excludes halogenated alkanes) is 2. The number of amides is 1. The number of nitrogens with one attached hydrogen (secondary N) is 1. The highest BCUT2D eigenvalue weighted by Crippen LogP contribution is 2.39. The molecule has 0 spiro atoms. The Labute approximate surface area is 209 Å². The van der Waals surface area contributed by atoms with E-state index in [1.54, 1.807) is 0 Å². The molecule has 188 valence electrons. The zero-order valence-corrected chi connectivity index (χ0v) is 21.3. The van der Waals surface area contributed by atoms with Crippen LogP contribution in [0.15, 0.2) is 48.5 Å². The van der Waals surface area contributed by atoms with Crippen molar-refractivity contribution in [3.8, 4) is 5.75 Å². The Balaban J connectivity index is 1.42. The van der Waals surface area contributed by atoms with Gasteiger partial charge < -0.3 is 14.4 Å². The van der Waals surface area contributed by atoms with Crippen molar-refractivity contribution in [1.29, 1.82) is 5.41 Å². The van der Waals surface area contributed by atoms with Crippen LogP contribution >= 0.6 is 0 Å². The number of carbonyl (C=O) groups excluding carboxylic acids is 1. The van der Waals surface area contributed by atoms with Crippen molar-refractivity contribution in [2.75, 3.05) is 24.6 Å². The van der Waals surface area contributed by atoms with Crippen LogP contribution in [0, 0.1) is 5.41 Å². The maximum atomic E-state index is 13.6. The molecule has 1 amide bonds. The fraction of sp³-hybridized carbons (Fsp3) is 0.517. The van der Waals surface area contributed by atoms with Gasteiger partial charge in [0.25, 0.3) is 5.91 Å². The molecule has 0 saturated carbocycles. The largest absolute Gasteiger partial charge is 0.478 e. The van der Waals surface area contributed by atoms with Crippen LogP contribution < -0.4 is 9.64 Å². The minimum atomic E-state index is -0.727. The van der Waals surface area contributed by atoms with E-state index in [9.17, 15) is 4.79 Å². The summed E-state index contributed by atoms with van der Waals surface area (Å²) >= 11 is 0. The maximum Gasteiger partial charge on any atom is 0.272 e. The number of nitrogens with zero attached hydrogens (tertiary/aromatic N) is 2. The molecule has 1 fully saturated rings. The average molecular weight is 478 g/mol. The average Bonchev–Trinajstić information content (AvgIpc) is 2.86. The van der Waals surface area contributed by atoms with Crippen molar-refractivity contribution in [3.63, 3.8) is 0 Å². The Morgan fingerprint density at radius 2 is 1.77 bits per heavy atom. The fourth-order valence-corrected chi connectivity index (χ4v) is 5.39. The predicted molar refractivity (Wildman–Crippen MR) is 140 cm³/mol. The number of likely N-dealkylation sites (tertiary alicyclic amines) is 1. The fourth-order valence-electron chi connectivity index (χ4n) is 5.39. The molecule has 0 bridgehead atoms. The third kappa shape index (κ3) is 5.87. The molecule has 4 rings (SSSR count). The van der Waals surface area contributed by atoms with Gasteiger partial charge in [-0.25, -0.2) is 0 Å². The van der Waals surface area contributed by atoms with Crippen LogP contribution in [0.5, 0.6) is 5.75 Å². The van der Waals surface area contributed by atoms with Crippen LogP contribution in [0.3, 0.4) is 0 Å². The highest BCUT2D eigenvalue weighted by atomic mass is 16.5. The Morgan fingerprint density at radius 1 is 1.03 bits per heavy atom. The third-order valence-corrected chi connectivity index (χ3v) is 7.31. The first-order valence-electron chi connectivity index (χ1n) is 13.1. The number of hydrogen-bond acceptors (Lipinski definition) is 5. The van der Waals surface area contributed by atoms with Gasteiger partial charge in [0.2, 0.25) is 12.0 Å². The van der Waals surface area contributed by atoms with E-state index in [1.165, 1.54) is 19.3 Å². The van der Waals surface area contributed by atoms with E-state index in [0.29, 0.717) is 30.8 Å². The van der Waals surface area contributed by atoms with E-state index in [-0.39, 0.29) is 11.8 Å². The minimum absolute atomic E-state index is 0.0536. The van der Waals surface area contributed by atoms with Crippen molar-refractivity contribution >= 4 is 17.5 Å². The van der Waals surface area contributed by atoms with Crippen LogP contribution in [0.4, 0.5) is 5.69 Å². The van der Waals surface area contributed by atoms with Crippen molar-refractivity contribution in [3.05, 3.63) is 59.7 Å². The molecule has 0 aromatic heterocycles. The van der Waals surface area contributed by atoms with Gasteiger partial charge in [0.05, 0.1) is 12.3 Å². The van der Waals surface area contributed by atoms with Crippen molar-refractivity contribution in [2.24, 2.45) is 0 Å². The van der Waals surface area contributed by atoms with Gasteiger partial charge in [0.15, 0.2) is 0 Å². The Morgan fingerprint density at radius 3 is 2.54 bits per heavy atom. The van der Waals surface area contributed by atoms with Gasteiger partial charge in [-0.3, -0.25) is 15.1 Å². The first-order chi connectivity index (χ1) is 17.0. The summed E-state index contributed by atoms with van der Waals surface area (Å²) in [5.74, 6) is 0.771. The summed E-state index contributed by atoms with van der Waals surface area (Å²) in [5, 5.41) is 8.11. The highest BCUT2D eigenvalue weighted by molar-refractivity contribution is 6.01. The van der Waals surface area contributed by atoms with E-state index >= 15 is 0 Å². The first kappa shape index (κ1) is 25.2. The van der Waals surface area contributed by atoms with E-state index < -0.39 is 6.10 Å². The molecule has 2 aromatic rings. The molecule has 1 saturated heterocycles. The number of carbonyl (C=O) groups is 1. The van der Waals surface area contributed by atoms with E-state index in [4.69, 9.17) is 14.9 Å². The molecule has 35 heavy (non-hydrogen) atoms. The summed E-state index contributed by atoms with van der Waals surface area (Å²) in [6.07, 6.45) is 6.42. The number of rotatable bonds is 9. The second kappa shape index (κ2) is 11.7. The maximum absolute atomic E-state index is 13.6. The third-order valence-electron chi connectivity index (χ3n) is 7.31. The quantitative estimate of drug-likeness (QED) is 0.275. The number of anilines is 1. The number of fused-ring (bicyclic) bond motifs is 1. The Hall–Kier alpha value is -2.86. The number of ether oxygens (including phenoxy) is 2. The first-order valence-corrected chi connectivity index (χ1v) is 13.1. The summed E-state index contributed by atoms with van der Waals surface area (Å²) in [6.45, 7) is 8.80. The van der Waals surface area contributed by atoms with E-state index in [0.717, 1.165) is 42.8 Å². The van der Waals surface area contributed by atoms with Crippen molar-refractivity contribution in [2.45, 2.75) is 77.5 Å². The zero-order valence-electron chi connectivity index (χ0n) is 21.3. The molecule has 1 N–H and O–H groups in total. The minimum Gasteiger partial charge on any atom is -0.478 e. The van der Waals surface area contributed by atoms with Gasteiger partial charge in [0.1, 0.15) is 5.75 Å². The monoisotopic (exact) mass is 477 g/mol. The Bertz CT molecular complexity index is 1010. The van der Waals surface area contributed by atoms with Crippen LogP contribution in [-0.2, 0) is 9.53 Å². The lowest BCUT2D eigenvalue weighted by Gasteiger charge is -2.39. The molecule has 6 heteroatoms. The Kier molecular flexibility index (Phi) is 8.45.